The van der Waals surface area contributed by atoms with Crippen LogP contribution >= 0.6 is 0 Å². The molecule has 0 amide bonds. The SMILES string of the molecule is O=c1[nH]c(=O)n([C@H]2C[C@H](F)[C@@H](CO)O2)cc1C(F)(F)F. The Hall–Kier alpha value is -1.68. The second kappa shape index (κ2) is 5.02. The Kier molecular flexibility index (Phi) is 3.69. The molecule has 6 nitrogen and oxygen atoms in total. The number of nitrogens with zero attached hydrogens (tertiary/aromatic N) is 1. The van der Waals surface area contributed by atoms with Crippen molar-refractivity contribution in [2.45, 2.75) is 31.1 Å². The zero-order valence-electron chi connectivity index (χ0n) is 9.85. The lowest BCUT2D eigenvalue weighted by Gasteiger charge is -2.15. The monoisotopic (exact) mass is 298 g/mol. The molecule has 1 fully saturated rings. The van der Waals surface area contributed by atoms with Crippen LogP contribution in [0.4, 0.5) is 17.6 Å². The Labute approximate surface area is 108 Å². The number of hydrogen-bond acceptors (Lipinski definition) is 4. The highest BCUT2D eigenvalue weighted by Gasteiger charge is 2.39. The molecular formula is C10H10F4N2O4. The van der Waals surface area contributed by atoms with Crippen molar-refractivity contribution in [2.24, 2.45) is 0 Å². The van der Waals surface area contributed by atoms with Crippen LogP contribution in [-0.2, 0) is 10.9 Å². The molecule has 0 unspecified atom stereocenters. The van der Waals surface area contributed by atoms with E-state index in [1.165, 1.54) is 4.98 Å². The first-order chi connectivity index (χ1) is 9.24. The first kappa shape index (κ1) is 14.7. The Bertz CT molecular complexity index is 609. The summed E-state index contributed by atoms with van der Waals surface area (Å²) in [5.74, 6) is 0. The number of aliphatic hydroxyl groups excluding tert-OH is 1. The molecule has 112 valence electrons. The lowest BCUT2D eigenvalue weighted by atomic mass is 10.2. The molecule has 0 saturated carbocycles. The molecule has 1 aliphatic heterocycles. The maximum atomic E-state index is 13.4. The fourth-order valence-corrected chi connectivity index (χ4v) is 1.92. The number of ether oxygens (including phenoxy) is 1. The number of aliphatic hydroxyl groups is 1. The van der Waals surface area contributed by atoms with Gasteiger partial charge in [-0.05, 0) is 0 Å². The van der Waals surface area contributed by atoms with Gasteiger partial charge in [-0.15, -0.1) is 0 Å². The summed E-state index contributed by atoms with van der Waals surface area (Å²) in [7, 11) is 0. The van der Waals surface area contributed by atoms with E-state index in [0.717, 1.165) is 0 Å². The van der Waals surface area contributed by atoms with Gasteiger partial charge in [0.1, 0.15) is 24.1 Å². The van der Waals surface area contributed by atoms with E-state index in [1.54, 1.807) is 0 Å². The summed E-state index contributed by atoms with van der Waals surface area (Å²) in [6.07, 6.45) is -9.20. The molecule has 2 rings (SSSR count). The highest BCUT2D eigenvalue weighted by molar-refractivity contribution is 5.09. The van der Waals surface area contributed by atoms with Gasteiger partial charge < -0.3 is 9.84 Å². The van der Waals surface area contributed by atoms with Gasteiger partial charge in [-0.2, -0.15) is 13.2 Å². The number of hydrogen-bond donors (Lipinski definition) is 2. The van der Waals surface area contributed by atoms with Crippen LogP contribution in [0.25, 0.3) is 0 Å². The molecule has 0 radical (unpaired) electrons. The van der Waals surface area contributed by atoms with Crippen molar-refractivity contribution in [3.8, 4) is 0 Å². The zero-order chi connectivity index (χ0) is 15.1. The van der Waals surface area contributed by atoms with Crippen molar-refractivity contribution in [1.29, 1.82) is 0 Å². The number of halogens is 4. The van der Waals surface area contributed by atoms with Crippen molar-refractivity contribution < 1.29 is 27.4 Å². The molecule has 0 bridgehead atoms. The van der Waals surface area contributed by atoms with E-state index in [4.69, 9.17) is 9.84 Å². The smallest absolute Gasteiger partial charge is 0.394 e. The Morgan fingerprint density at radius 2 is 2.10 bits per heavy atom. The Balaban J connectivity index is 2.43. The molecule has 0 spiro atoms. The highest BCUT2D eigenvalue weighted by atomic mass is 19.4. The lowest BCUT2D eigenvalue weighted by molar-refractivity contribution is -0.139. The van der Waals surface area contributed by atoms with Gasteiger partial charge in [0.05, 0.1) is 6.61 Å². The fourth-order valence-electron chi connectivity index (χ4n) is 1.92. The van der Waals surface area contributed by atoms with Crippen LogP contribution in [0, 0.1) is 0 Å². The summed E-state index contributed by atoms with van der Waals surface area (Å²) in [4.78, 5) is 24.1. The molecule has 1 aliphatic rings. The van der Waals surface area contributed by atoms with Gasteiger partial charge >= 0.3 is 11.9 Å². The molecule has 0 aromatic carbocycles. The Morgan fingerprint density at radius 3 is 2.60 bits per heavy atom. The first-order valence-electron chi connectivity index (χ1n) is 5.57. The molecular weight excluding hydrogens is 288 g/mol. The van der Waals surface area contributed by atoms with Crippen LogP contribution in [0.2, 0.25) is 0 Å². The molecule has 2 heterocycles. The van der Waals surface area contributed by atoms with Gasteiger partial charge in [0.2, 0.25) is 0 Å². The molecule has 1 aromatic heterocycles. The maximum Gasteiger partial charge on any atom is 0.423 e. The molecule has 1 saturated heterocycles. The maximum absolute atomic E-state index is 13.4. The van der Waals surface area contributed by atoms with E-state index in [0.29, 0.717) is 4.57 Å². The van der Waals surface area contributed by atoms with Gasteiger partial charge in [-0.1, -0.05) is 0 Å². The van der Waals surface area contributed by atoms with Gasteiger partial charge in [0.25, 0.3) is 5.56 Å². The van der Waals surface area contributed by atoms with Crippen molar-refractivity contribution in [3.63, 3.8) is 0 Å². The standard InChI is InChI=1S/C10H10F4N2O4/c11-5-1-7(20-6(5)3-17)16-2-4(10(12,13)14)8(18)15-9(16)19/h2,5-7,17H,1,3H2,(H,15,18,19)/t5-,6+,7+/m0/s1. The predicted molar refractivity (Wildman–Crippen MR) is 56.8 cm³/mol. The zero-order valence-corrected chi connectivity index (χ0v) is 9.85. The van der Waals surface area contributed by atoms with Crippen LogP contribution in [0.15, 0.2) is 15.8 Å². The molecule has 10 heteroatoms. The van der Waals surface area contributed by atoms with Crippen LogP contribution in [0.1, 0.15) is 18.2 Å². The molecule has 1 aromatic rings. The van der Waals surface area contributed by atoms with Crippen LogP contribution in [0.5, 0.6) is 0 Å². The summed E-state index contributed by atoms with van der Waals surface area (Å²) in [6.45, 7) is -0.665. The first-order valence-corrected chi connectivity index (χ1v) is 5.57. The van der Waals surface area contributed by atoms with Crippen molar-refractivity contribution in [1.82, 2.24) is 9.55 Å². The van der Waals surface area contributed by atoms with Gasteiger partial charge in [-0.25, -0.2) is 9.18 Å². The molecule has 0 aliphatic carbocycles. The third kappa shape index (κ3) is 2.61. The summed E-state index contributed by atoms with van der Waals surface area (Å²) < 4.78 is 56.5. The number of alkyl halides is 4. The van der Waals surface area contributed by atoms with Gasteiger partial charge in [0.15, 0.2) is 0 Å². The molecule has 3 atom stereocenters. The summed E-state index contributed by atoms with van der Waals surface area (Å²) in [5, 5.41) is 8.81. The number of H-pyrrole nitrogens is 1. The van der Waals surface area contributed by atoms with Crippen molar-refractivity contribution in [3.05, 3.63) is 32.6 Å². The molecule has 2 N–H and O–H groups in total. The quantitative estimate of drug-likeness (QED) is 0.763. The number of nitrogens with one attached hydrogen (secondary N) is 1. The van der Waals surface area contributed by atoms with Crippen molar-refractivity contribution in [2.75, 3.05) is 6.61 Å². The minimum Gasteiger partial charge on any atom is -0.394 e. The topological polar surface area (TPSA) is 84.3 Å². The van der Waals surface area contributed by atoms with Crippen LogP contribution < -0.4 is 11.2 Å². The predicted octanol–water partition coefficient (Wildman–Crippen LogP) is 0.173. The van der Waals surface area contributed by atoms with Crippen LogP contribution in [0.3, 0.4) is 0 Å². The average molecular weight is 298 g/mol. The summed E-state index contributed by atoms with van der Waals surface area (Å²) >= 11 is 0. The summed E-state index contributed by atoms with van der Waals surface area (Å²) in [5.41, 5.74) is -4.30. The van der Waals surface area contributed by atoms with E-state index in [2.05, 4.69) is 0 Å². The number of aromatic nitrogens is 2. The number of rotatable bonds is 2. The second-order valence-corrected chi connectivity index (χ2v) is 4.27. The normalized spacial score (nSPS) is 26.9. The van der Waals surface area contributed by atoms with Crippen LogP contribution in [-0.4, -0.2) is 33.5 Å². The Morgan fingerprint density at radius 1 is 1.45 bits per heavy atom. The molecule has 20 heavy (non-hydrogen) atoms. The van der Waals surface area contributed by atoms with Gasteiger partial charge in [0, 0.05) is 12.6 Å². The second-order valence-electron chi connectivity index (χ2n) is 4.27. The van der Waals surface area contributed by atoms with Crippen molar-refractivity contribution >= 4 is 0 Å². The number of aromatic amines is 1. The minimum absolute atomic E-state index is 0.290. The van der Waals surface area contributed by atoms with E-state index in [9.17, 15) is 27.2 Å². The van der Waals surface area contributed by atoms with E-state index < -0.39 is 54.5 Å². The third-order valence-corrected chi connectivity index (χ3v) is 2.93. The summed E-state index contributed by atoms with van der Waals surface area (Å²) in [6, 6.07) is 0. The highest BCUT2D eigenvalue weighted by Crippen LogP contribution is 2.31. The van der Waals surface area contributed by atoms with Gasteiger partial charge in [-0.3, -0.25) is 14.3 Å². The largest absolute Gasteiger partial charge is 0.423 e. The van der Waals surface area contributed by atoms with E-state index in [1.807, 2.05) is 0 Å². The fraction of sp³-hybridized carbons (Fsp3) is 0.600. The average Bonchev–Trinajstić information content (AvgIpc) is 2.68. The minimum atomic E-state index is -4.95. The third-order valence-electron chi connectivity index (χ3n) is 2.93. The van der Waals surface area contributed by atoms with E-state index >= 15 is 0 Å². The van der Waals surface area contributed by atoms with E-state index in [-0.39, 0.29) is 6.20 Å². The lowest BCUT2D eigenvalue weighted by Crippen LogP contribution is -2.36.